The quantitative estimate of drug-likeness (QED) is 0.535. The molecule has 6 heteroatoms. The number of oxazole rings is 1. The van der Waals surface area contributed by atoms with E-state index in [-0.39, 0.29) is 11.9 Å². The number of aryl methyl sites for hydroxylation is 1. The van der Waals surface area contributed by atoms with E-state index in [2.05, 4.69) is 30.2 Å². The van der Waals surface area contributed by atoms with Gasteiger partial charge in [0.2, 0.25) is 5.91 Å². The van der Waals surface area contributed by atoms with E-state index in [4.69, 9.17) is 9.15 Å². The molecule has 0 aliphatic carbocycles. The molecule has 28 heavy (non-hydrogen) atoms. The van der Waals surface area contributed by atoms with Gasteiger partial charge in [0.1, 0.15) is 5.75 Å². The highest BCUT2D eigenvalue weighted by Crippen LogP contribution is 2.26. The molecule has 0 bridgehead atoms. The van der Waals surface area contributed by atoms with Crippen molar-refractivity contribution in [1.29, 1.82) is 0 Å². The number of hydrogen-bond donors (Lipinski definition) is 1. The predicted molar refractivity (Wildman–Crippen MR) is 111 cm³/mol. The van der Waals surface area contributed by atoms with Crippen molar-refractivity contribution in [3.05, 3.63) is 58.7 Å². The molecule has 1 aromatic carbocycles. The summed E-state index contributed by atoms with van der Waals surface area (Å²) in [6.07, 6.45) is 3.44. The topological polar surface area (TPSA) is 64.4 Å². The third-order valence-corrected chi connectivity index (χ3v) is 5.41. The van der Waals surface area contributed by atoms with Crippen molar-refractivity contribution in [1.82, 2.24) is 10.3 Å². The number of amides is 1. The van der Waals surface area contributed by atoms with Crippen LogP contribution in [0, 0.1) is 5.92 Å². The third-order valence-electron chi connectivity index (χ3n) is 4.42. The SMILES string of the molecule is COc1ccc(-c2cnc(CCC(=O)NC(CC(C)C)c3cccs3)o2)cc1. The van der Waals surface area contributed by atoms with Crippen molar-refractivity contribution in [2.75, 3.05) is 7.11 Å². The molecule has 0 radical (unpaired) electrons. The highest BCUT2D eigenvalue weighted by Gasteiger charge is 2.17. The molecule has 1 N–H and O–H groups in total. The van der Waals surface area contributed by atoms with Gasteiger partial charge in [-0.3, -0.25) is 4.79 Å². The van der Waals surface area contributed by atoms with Crippen LogP contribution in [-0.4, -0.2) is 18.0 Å². The summed E-state index contributed by atoms with van der Waals surface area (Å²) < 4.78 is 11.0. The molecule has 1 atom stereocenters. The van der Waals surface area contributed by atoms with E-state index in [9.17, 15) is 4.79 Å². The lowest BCUT2D eigenvalue weighted by molar-refractivity contribution is -0.122. The Hall–Kier alpha value is -2.60. The zero-order valence-electron chi connectivity index (χ0n) is 16.5. The number of carbonyl (C=O) groups excluding carboxylic acids is 1. The standard InChI is InChI=1S/C22H26N2O3S/c1-15(2)13-18(20-5-4-12-28-20)24-21(25)10-11-22-23-14-19(27-22)16-6-8-17(26-3)9-7-16/h4-9,12,14-15,18H,10-11,13H2,1-3H3,(H,24,25). The number of benzene rings is 1. The smallest absolute Gasteiger partial charge is 0.221 e. The highest BCUT2D eigenvalue weighted by atomic mass is 32.1. The number of methoxy groups -OCH3 is 1. The van der Waals surface area contributed by atoms with Gasteiger partial charge in [0.25, 0.3) is 0 Å². The predicted octanol–water partition coefficient (Wildman–Crippen LogP) is 5.25. The van der Waals surface area contributed by atoms with Crippen LogP contribution in [0.4, 0.5) is 0 Å². The number of aromatic nitrogens is 1. The first kappa shape index (κ1) is 20.1. The molecule has 0 aliphatic rings. The van der Waals surface area contributed by atoms with Crippen molar-refractivity contribution >= 4 is 17.2 Å². The summed E-state index contributed by atoms with van der Waals surface area (Å²) in [6, 6.07) is 11.8. The number of nitrogens with one attached hydrogen (secondary N) is 1. The van der Waals surface area contributed by atoms with Crippen LogP contribution in [0.1, 0.15) is 43.5 Å². The first-order valence-corrected chi connectivity index (χ1v) is 10.3. The van der Waals surface area contributed by atoms with Crippen LogP contribution in [0.5, 0.6) is 5.75 Å². The number of rotatable bonds is 9. The van der Waals surface area contributed by atoms with Crippen molar-refractivity contribution in [3.8, 4) is 17.1 Å². The van der Waals surface area contributed by atoms with Gasteiger partial charge in [0.15, 0.2) is 11.7 Å². The van der Waals surface area contributed by atoms with Gasteiger partial charge in [-0.1, -0.05) is 19.9 Å². The molecule has 0 spiro atoms. The average molecular weight is 399 g/mol. The lowest BCUT2D eigenvalue weighted by Crippen LogP contribution is -2.29. The minimum atomic E-state index is 0.0169. The molecule has 0 saturated heterocycles. The molecule has 1 unspecified atom stereocenters. The molecule has 148 valence electrons. The molecule has 0 fully saturated rings. The number of nitrogens with zero attached hydrogens (tertiary/aromatic N) is 1. The van der Waals surface area contributed by atoms with E-state index < -0.39 is 0 Å². The summed E-state index contributed by atoms with van der Waals surface area (Å²) in [6.45, 7) is 4.33. The summed E-state index contributed by atoms with van der Waals surface area (Å²) in [5, 5.41) is 5.20. The highest BCUT2D eigenvalue weighted by molar-refractivity contribution is 7.10. The maximum atomic E-state index is 12.5. The Morgan fingerprint density at radius 2 is 2.04 bits per heavy atom. The normalized spacial score (nSPS) is 12.1. The summed E-state index contributed by atoms with van der Waals surface area (Å²) in [5.41, 5.74) is 0.929. The van der Waals surface area contributed by atoms with Gasteiger partial charge in [-0.25, -0.2) is 4.98 Å². The van der Waals surface area contributed by atoms with E-state index in [0.29, 0.717) is 30.4 Å². The van der Waals surface area contributed by atoms with Crippen LogP contribution in [0.2, 0.25) is 0 Å². The largest absolute Gasteiger partial charge is 0.497 e. The van der Waals surface area contributed by atoms with Gasteiger partial charge in [0.05, 0.1) is 19.3 Å². The van der Waals surface area contributed by atoms with Gasteiger partial charge in [-0.05, 0) is 48.1 Å². The van der Waals surface area contributed by atoms with Crippen LogP contribution in [-0.2, 0) is 11.2 Å². The summed E-state index contributed by atoms with van der Waals surface area (Å²) in [7, 11) is 1.64. The van der Waals surface area contributed by atoms with E-state index in [0.717, 1.165) is 17.7 Å². The molecule has 2 heterocycles. The van der Waals surface area contributed by atoms with Gasteiger partial charge < -0.3 is 14.5 Å². The minimum Gasteiger partial charge on any atom is -0.497 e. The maximum absolute atomic E-state index is 12.5. The van der Waals surface area contributed by atoms with Crippen LogP contribution in [0.3, 0.4) is 0 Å². The van der Waals surface area contributed by atoms with Gasteiger partial charge in [0, 0.05) is 23.3 Å². The first-order valence-electron chi connectivity index (χ1n) is 9.47. The van der Waals surface area contributed by atoms with Crippen LogP contribution >= 0.6 is 11.3 Å². The Labute approximate surface area is 169 Å². The Balaban J connectivity index is 1.56. The summed E-state index contributed by atoms with van der Waals surface area (Å²) in [5.74, 6) is 2.57. The van der Waals surface area contributed by atoms with Gasteiger partial charge >= 0.3 is 0 Å². The summed E-state index contributed by atoms with van der Waals surface area (Å²) >= 11 is 1.68. The molecule has 0 aliphatic heterocycles. The van der Waals surface area contributed by atoms with E-state index in [1.807, 2.05) is 35.7 Å². The van der Waals surface area contributed by atoms with Crippen LogP contribution in [0.15, 0.2) is 52.4 Å². The van der Waals surface area contributed by atoms with E-state index in [1.165, 1.54) is 4.88 Å². The van der Waals surface area contributed by atoms with Crippen molar-refractivity contribution in [3.63, 3.8) is 0 Å². The molecule has 2 aromatic heterocycles. The van der Waals surface area contributed by atoms with Gasteiger partial charge in [-0.2, -0.15) is 0 Å². The van der Waals surface area contributed by atoms with Crippen molar-refractivity contribution < 1.29 is 13.9 Å². The number of thiophene rings is 1. The zero-order chi connectivity index (χ0) is 19.9. The Bertz CT molecular complexity index is 870. The van der Waals surface area contributed by atoms with Crippen LogP contribution in [0.25, 0.3) is 11.3 Å². The third kappa shape index (κ3) is 5.45. The molecule has 0 saturated carbocycles. The average Bonchev–Trinajstić information content (AvgIpc) is 3.38. The van der Waals surface area contributed by atoms with E-state index in [1.54, 1.807) is 24.6 Å². The number of ether oxygens (including phenoxy) is 1. The molecular formula is C22H26N2O3S. The Kier molecular flexibility index (Phi) is 6.87. The Morgan fingerprint density at radius 3 is 2.68 bits per heavy atom. The molecule has 3 rings (SSSR count). The summed E-state index contributed by atoms with van der Waals surface area (Å²) in [4.78, 5) is 18.0. The van der Waals surface area contributed by atoms with Crippen molar-refractivity contribution in [2.24, 2.45) is 5.92 Å². The fraction of sp³-hybridized carbons (Fsp3) is 0.364. The minimum absolute atomic E-state index is 0.0169. The fourth-order valence-electron chi connectivity index (χ4n) is 3.01. The maximum Gasteiger partial charge on any atom is 0.221 e. The lowest BCUT2D eigenvalue weighted by Gasteiger charge is -2.19. The molecule has 5 nitrogen and oxygen atoms in total. The molecule has 3 aromatic rings. The second-order valence-electron chi connectivity index (χ2n) is 7.11. The first-order chi connectivity index (χ1) is 13.5. The van der Waals surface area contributed by atoms with Gasteiger partial charge in [-0.15, -0.1) is 11.3 Å². The second-order valence-corrected chi connectivity index (χ2v) is 8.09. The zero-order valence-corrected chi connectivity index (χ0v) is 17.3. The molecule has 1 amide bonds. The molecular weight excluding hydrogens is 372 g/mol. The monoisotopic (exact) mass is 398 g/mol. The van der Waals surface area contributed by atoms with Crippen molar-refractivity contribution in [2.45, 2.75) is 39.2 Å². The number of hydrogen-bond acceptors (Lipinski definition) is 5. The number of carbonyl (C=O) groups is 1. The second kappa shape index (κ2) is 9.55. The van der Waals surface area contributed by atoms with E-state index >= 15 is 0 Å². The fourth-order valence-corrected chi connectivity index (χ4v) is 3.80. The Morgan fingerprint density at radius 1 is 1.25 bits per heavy atom. The van der Waals surface area contributed by atoms with Crippen LogP contribution < -0.4 is 10.1 Å². The lowest BCUT2D eigenvalue weighted by atomic mass is 10.0.